The van der Waals surface area contributed by atoms with Gasteiger partial charge in [-0.15, -0.1) is 10.2 Å². The standard InChI is InChI=1S/C23H20Cl2N4O4S/c1-3-20-28-29-23(34-20)27-22(30)15(13-26)10-14-11-17(25)21(19(12-14)31-2)33-9-8-32-18-7-5-4-6-16(18)24/h4-7,10-12H,3,8-9H2,1-2H3,(H,27,29,30). The fourth-order valence-corrected chi connectivity index (χ4v) is 3.89. The maximum atomic E-state index is 12.5. The summed E-state index contributed by atoms with van der Waals surface area (Å²) in [6.07, 6.45) is 2.10. The second-order valence-corrected chi connectivity index (χ2v) is 8.52. The molecule has 1 N–H and O–H groups in total. The number of para-hydroxylation sites is 1. The van der Waals surface area contributed by atoms with E-state index in [1.165, 1.54) is 24.5 Å². The van der Waals surface area contributed by atoms with E-state index in [-0.39, 0.29) is 23.8 Å². The highest BCUT2D eigenvalue weighted by Gasteiger charge is 2.16. The van der Waals surface area contributed by atoms with Crippen molar-refractivity contribution in [3.05, 3.63) is 62.6 Å². The van der Waals surface area contributed by atoms with E-state index in [2.05, 4.69) is 15.5 Å². The van der Waals surface area contributed by atoms with Crippen LogP contribution in [0.1, 0.15) is 17.5 Å². The van der Waals surface area contributed by atoms with Gasteiger partial charge in [0.15, 0.2) is 11.5 Å². The van der Waals surface area contributed by atoms with E-state index in [0.29, 0.717) is 39.4 Å². The van der Waals surface area contributed by atoms with Gasteiger partial charge in [-0.2, -0.15) is 5.26 Å². The number of carbonyl (C=O) groups excluding carboxylic acids is 1. The lowest BCUT2D eigenvalue weighted by Gasteiger charge is -2.14. The number of carbonyl (C=O) groups is 1. The van der Waals surface area contributed by atoms with Crippen LogP contribution in [-0.2, 0) is 11.2 Å². The molecule has 0 radical (unpaired) electrons. The van der Waals surface area contributed by atoms with Gasteiger partial charge < -0.3 is 14.2 Å². The first-order valence-corrected chi connectivity index (χ1v) is 11.7. The topological polar surface area (TPSA) is 106 Å². The molecule has 1 heterocycles. The van der Waals surface area contributed by atoms with Crippen LogP contribution in [-0.4, -0.2) is 36.4 Å². The molecule has 34 heavy (non-hydrogen) atoms. The van der Waals surface area contributed by atoms with Gasteiger partial charge in [-0.25, -0.2) is 0 Å². The molecular weight excluding hydrogens is 499 g/mol. The summed E-state index contributed by atoms with van der Waals surface area (Å²) in [4.78, 5) is 12.5. The Balaban J connectivity index is 1.69. The van der Waals surface area contributed by atoms with Crippen LogP contribution < -0.4 is 19.5 Å². The summed E-state index contributed by atoms with van der Waals surface area (Å²) < 4.78 is 16.7. The van der Waals surface area contributed by atoms with Crippen molar-refractivity contribution >= 4 is 51.7 Å². The van der Waals surface area contributed by atoms with Crippen molar-refractivity contribution in [1.29, 1.82) is 5.26 Å². The summed E-state index contributed by atoms with van der Waals surface area (Å²) in [6.45, 7) is 2.35. The van der Waals surface area contributed by atoms with E-state index in [0.717, 1.165) is 5.01 Å². The largest absolute Gasteiger partial charge is 0.493 e. The third-order valence-electron chi connectivity index (χ3n) is 4.34. The van der Waals surface area contributed by atoms with Crippen molar-refractivity contribution in [2.24, 2.45) is 0 Å². The number of rotatable bonds is 10. The Hall–Kier alpha value is -3.32. The Kier molecular flexibility index (Phi) is 9.10. The van der Waals surface area contributed by atoms with Crippen molar-refractivity contribution in [3.63, 3.8) is 0 Å². The highest BCUT2D eigenvalue weighted by Crippen LogP contribution is 2.37. The number of methoxy groups -OCH3 is 1. The van der Waals surface area contributed by atoms with Gasteiger partial charge in [-0.05, 0) is 42.3 Å². The number of hydrogen-bond acceptors (Lipinski definition) is 8. The van der Waals surface area contributed by atoms with Crippen LogP contribution in [0.5, 0.6) is 17.2 Å². The van der Waals surface area contributed by atoms with Crippen LogP contribution >= 0.6 is 34.5 Å². The van der Waals surface area contributed by atoms with E-state index in [1.807, 2.05) is 25.1 Å². The van der Waals surface area contributed by atoms with Gasteiger partial charge in [0.2, 0.25) is 5.13 Å². The number of nitrogens with one attached hydrogen (secondary N) is 1. The molecule has 1 aromatic heterocycles. The summed E-state index contributed by atoms with van der Waals surface area (Å²) in [5.74, 6) is 0.598. The fraction of sp³-hybridized carbons (Fsp3) is 0.217. The molecule has 3 rings (SSSR count). The summed E-state index contributed by atoms with van der Waals surface area (Å²) in [6, 6.07) is 12.2. The van der Waals surface area contributed by atoms with E-state index < -0.39 is 5.91 Å². The quantitative estimate of drug-likeness (QED) is 0.217. The van der Waals surface area contributed by atoms with Gasteiger partial charge in [-0.3, -0.25) is 10.1 Å². The number of ether oxygens (including phenoxy) is 3. The average Bonchev–Trinajstić information content (AvgIpc) is 3.29. The number of benzene rings is 2. The minimum atomic E-state index is -0.603. The highest BCUT2D eigenvalue weighted by atomic mass is 35.5. The molecule has 0 fully saturated rings. The zero-order chi connectivity index (χ0) is 24.5. The molecule has 1 amide bonds. The molecule has 0 saturated carbocycles. The average molecular weight is 519 g/mol. The number of amides is 1. The lowest BCUT2D eigenvalue weighted by atomic mass is 10.1. The maximum absolute atomic E-state index is 12.5. The Morgan fingerprint density at radius 1 is 1.15 bits per heavy atom. The molecule has 0 aliphatic carbocycles. The highest BCUT2D eigenvalue weighted by molar-refractivity contribution is 7.15. The first-order valence-electron chi connectivity index (χ1n) is 10.1. The molecule has 0 aliphatic heterocycles. The van der Waals surface area contributed by atoms with Gasteiger partial charge >= 0.3 is 0 Å². The first-order chi connectivity index (χ1) is 16.4. The van der Waals surface area contributed by atoms with Gasteiger partial charge in [-0.1, -0.05) is 53.6 Å². The molecule has 176 valence electrons. The second-order valence-electron chi connectivity index (χ2n) is 6.64. The molecule has 2 aromatic carbocycles. The lowest BCUT2D eigenvalue weighted by molar-refractivity contribution is -0.112. The van der Waals surface area contributed by atoms with Crippen LogP contribution in [0.4, 0.5) is 5.13 Å². The summed E-state index contributed by atoms with van der Waals surface area (Å²) in [5, 5.41) is 21.7. The normalized spacial score (nSPS) is 11.0. The number of hydrogen-bond donors (Lipinski definition) is 1. The number of anilines is 1. The third kappa shape index (κ3) is 6.60. The summed E-state index contributed by atoms with van der Waals surface area (Å²) in [5.41, 5.74) is 0.355. The van der Waals surface area contributed by atoms with E-state index in [9.17, 15) is 10.1 Å². The second kappa shape index (κ2) is 12.2. The van der Waals surface area contributed by atoms with Crippen molar-refractivity contribution in [2.45, 2.75) is 13.3 Å². The SMILES string of the molecule is CCc1nnc(NC(=O)C(C#N)=Cc2cc(Cl)c(OCCOc3ccccc3Cl)c(OC)c2)s1. The minimum absolute atomic E-state index is 0.131. The predicted octanol–water partition coefficient (Wildman–Crippen LogP) is 5.42. The van der Waals surface area contributed by atoms with Crippen LogP contribution in [0.2, 0.25) is 10.0 Å². The number of aromatic nitrogens is 2. The molecule has 11 heteroatoms. The monoisotopic (exact) mass is 518 g/mol. The van der Waals surface area contributed by atoms with Gasteiger partial charge in [0.05, 0.1) is 17.2 Å². The number of nitrogens with zero attached hydrogens (tertiary/aromatic N) is 3. The Morgan fingerprint density at radius 2 is 1.91 bits per heavy atom. The van der Waals surface area contributed by atoms with Crippen molar-refractivity contribution < 1.29 is 19.0 Å². The van der Waals surface area contributed by atoms with E-state index in [4.69, 9.17) is 37.4 Å². The molecular formula is C23H20Cl2N4O4S. The lowest BCUT2D eigenvalue weighted by Crippen LogP contribution is -2.13. The van der Waals surface area contributed by atoms with Crippen LogP contribution in [0.3, 0.4) is 0 Å². The van der Waals surface area contributed by atoms with Crippen molar-refractivity contribution in [2.75, 3.05) is 25.6 Å². The van der Waals surface area contributed by atoms with Gasteiger partial charge in [0.1, 0.15) is 35.6 Å². The molecule has 0 spiro atoms. The number of nitriles is 1. The number of aryl methyl sites for hydroxylation is 1. The smallest absolute Gasteiger partial charge is 0.268 e. The van der Waals surface area contributed by atoms with E-state index >= 15 is 0 Å². The van der Waals surface area contributed by atoms with Crippen LogP contribution in [0, 0.1) is 11.3 Å². The molecule has 8 nitrogen and oxygen atoms in total. The zero-order valence-corrected chi connectivity index (χ0v) is 20.6. The zero-order valence-electron chi connectivity index (χ0n) is 18.3. The maximum Gasteiger partial charge on any atom is 0.268 e. The van der Waals surface area contributed by atoms with Gasteiger partial charge in [0.25, 0.3) is 5.91 Å². The molecule has 0 aliphatic rings. The van der Waals surface area contributed by atoms with E-state index in [1.54, 1.807) is 24.3 Å². The van der Waals surface area contributed by atoms with Crippen LogP contribution in [0.15, 0.2) is 42.0 Å². The van der Waals surface area contributed by atoms with Crippen molar-refractivity contribution in [1.82, 2.24) is 10.2 Å². The Morgan fingerprint density at radius 3 is 2.59 bits per heavy atom. The number of halogens is 2. The van der Waals surface area contributed by atoms with Gasteiger partial charge in [0, 0.05) is 0 Å². The minimum Gasteiger partial charge on any atom is -0.493 e. The van der Waals surface area contributed by atoms with Crippen LogP contribution in [0.25, 0.3) is 6.08 Å². The molecule has 0 saturated heterocycles. The predicted molar refractivity (Wildman–Crippen MR) is 132 cm³/mol. The first kappa shape index (κ1) is 25.3. The molecule has 0 bridgehead atoms. The Labute approximate surface area is 210 Å². The third-order valence-corrected chi connectivity index (χ3v) is 5.92. The molecule has 0 unspecified atom stereocenters. The fourth-order valence-electron chi connectivity index (χ4n) is 2.75. The van der Waals surface area contributed by atoms with Crippen molar-refractivity contribution in [3.8, 4) is 23.3 Å². The molecule has 0 atom stereocenters. The summed E-state index contributed by atoms with van der Waals surface area (Å²) in [7, 11) is 1.46. The summed E-state index contributed by atoms with van der Waals surface area (Å²) >= 11 is 13.7. The Bertz CT molecular complexity index is 1240. The molecule has 3 aromatic rings.